The summed E-state index contributed by atoms with van der Waals surface area (Å²) in [6.45, 7) is 3.85. The molecule has 0 saturated carbocycles. The lowest BCUT2D eigenvalue weighted by atomic mass is 10.1. The van der Waals surface area contributed by atoms with Crippen molar-refractivity contribution in [2.24, 2.45) is 4.99 Å². The number of fused-ring (bicyclic) bond motifs is 1. The number of hydrogen-bond acceptors (Lipinski definition) is 5. The van der Waals surface area contributed by atoms with E-state index < -0.39 is 8.25 Å². The van der Waals surface area contributed by atoms with Crippen LogP contribution in [-0.4, -0.2) is 33.2 Å². The molecule has 0 radical (unpaired) electrons. The van der Waals surface area contributed by atoms with E-state index in [9.17, 15) is 9.36 Å². The van der Waals surface area contributed by atoms with Crippen LogP contribution in [0.1, 0.15) is 38.6 Å². The molecule has 5 rings (SSSR count). The second-order valence-corrected chi connectivity index (χ2v) is 9.42. The SMILES string of the molecule is COC1=CC(c2cc3ccccc3n2C(=O)c2ccccc2CO[P+](=O)O)=NC1=Cc1[nH]c(C)cc1C. The summed E-state index contributed by atoms with van der Waals surface area (Å²) < 4.78 is 23.3. The predicted octanol–water partition coefficient (Wildman–Crippen LogP) is 5.82. The van der Waals surface area contributed by atoms with Crippen LogP contribution >= 0.6 is 8.25 Å². The number of methoxy groups -OCH3 is 1. The molecular weight excluding hydrogens is 489 g/mol. The molecule has 2 aromatic carbocycles. The molecule has 2 N–H and O–H groups in total. The predicted molar refractivity (Wildman–Crippen MR) is 143 cm³/mol. The van der Waals surface area contributed by atoms with Crippen LogP contribution in [0.25, 0.3) is 17.0 Å². The van der Waals surface area contributed by atoms with Gasteiger partial charge in [-0.05, 0) is 55.3 Å². The number of H-pyrrole nitrogens is 1. The summed E-state index contributed by atoms with van der Waals surface area (Å²) in [4.78, 5) is 31.3. The number of aromatic nitrogens is 2. The lowest BCUT2D eigenvalue weighted by Crippen LogP contribution is -2.19. The molecule has 0 fully saturated rings. The number of benzene rings is 2. The summed E-state index contributed by atoms with van der Waals surface area (Å²) >= 11 is 0. The Kier molecular flexibility index (Phi) is 6.72. The topological polar surface area (TPSA) is 106 Å². The maximum Gasteiger partial charge on any atom is 0.695 e. The first kappa shape index (κ1) is 24.6. The number of carbonyl (C=O) groups excluding carboxylic acids is 1. The zero-order valence-corrected chi connectivity index (χ0v) is 21.5. The Morgan fingerprint density at radius 2 is 1.89 bits per heavy atom. The average Bonchev–Trinajstić information content (AvgIpc) is 3.56. The Hall–Kier alpha value is -4.10. The molecule has 0 amide bonds. The Labute approximate surface area is 214 Å². The van der Waals surface area contributed by atoms with Crippen molar-refractivity contribution in [1.82, 2.24) is 9.55 Å². The van der Waals surface area contributed by atoms with E-state index in [1.807, 2.05) is 56.3 Å². The number of aliphatic imine (C=N–C) groups is 1. The van der Waals surface area contributed by atoms with Gasteiger partial charge in [-0.3, -0.25) is 9.36 Å². The first-order valence-electron chi connectivity index (χ1n) is 11.6. The molecule has 1 atom stereocenters. The summed E-state index contributed by atoms with van der Waals surface area (Å²) in [6.07, 6.45) is 3.75. The minimum atomic E-state index is -2.79. The molecule has 4 aromatic rings. The van der Waals surface area contributed by atoms with Crippen molar-refractivity contribution in [3.63, 3.8) is 0 Å². The molecule has 0 bridgehead atoms. The normalized spacial score (nSPS) is 14.7. The molecule has 1 unspecified atom stereocenters. The van der Waals surface area contributed by atoms with Crippen molar-refractivity contribution in [3.05, 3.63) is 112 Å². The van der Waals surface area contributed by atoms with E-state index >= 15 is 0 Å². The molecule has 0 saturated heterocycles. The number of carbonyl (C=O) groups is 1. The fourth-order valence-electron chi connectivity index (χ4n) is 4.51. The zero-order chi connectivity index (χ0) is 26.1. The summed E-state index contributed by atoms with van der Waals surface area (Å²) in [5.41, 5.74) is 6.51. The summed E-state index contributed by atoms with van der Waals surface area (Å²) in [5.74, 6) is 0.290. The van der Waals surface area contributed by atoms with Crippen LogP contribution in [0.4, 0.5) is 0 Å². The van der Waals surface area contributed by atoms with Gasteiger partial charge in [0.25, 0.3) is 5.91 Å². The Balaban J connectivity index is 1.64. The van der Waals surface area contributed by atoms with Crippen LogP contribution in [-0.2, 0) is 20.4 Å². The molecule has 1 aliphatic heterocycles. The lowest BCUT2D eigenvalue weighted by molar-refractivity contribution is 0.0961. The largest absolute Gasteiger partial charge is 0.695 e. The highest BCUT2D eigenvalue weighted by Crippen LogP contribution is 2.30. The second-order valence-electron chi connectivity index (χ2n) is 8.69. The van der Waals surface area contributed by atoms with Gasteiger partial charge in [-0.2, -0.15) is 0 Å². The van der Waals surface area contributed by atoms with E-state index in [0.717, 1.165) is 27.9 Å². The van der Waals surface area contributed by atoms with Gasteiger partial charge in [-0.25, -0.2) is 4.99 Å². The smallest absolute Gasteiger partial charge is 0.494 e. The van der Waals surface area contributed by atoms with Gasteiger partial charge >= 0.3 is 8.25 Å². The van der Waals surface area contributed by atoms with Gasteiger partial charge in [-0.15, -0.1) is 9.42 Å². The first-order chi connectivity index (χ1) is 17.9. The maximum atomic E-state index is 14.0. The average molecular weight is 514 g/mol. The van der Waals surface area contributed by atoms with Crippen LogP contribution in [0.15, 0.2) is 83.2 Å². The van der Waals surface area contributed by atoms with E-state index in [-0.39, 0.29) is 12.5 Å². The number of rotatable bonds is 7. The molecule has 0 aliphatic carbocycles. The monoisotopic (exact) mass is 514 g/mol. The lowest BCUT2D eigenvalue weighted by Gasteiger charge is -2.11. The van der Waals surface area contributed by atoms with Gasteiger partial charge in [0.05, 0.1) is 24.0 Å². The number of nitrogens with one attached hydrogen (secondary N) is 1. The van der Waals surface area contributed by atoms with Gasteiger partial charge in [0.15, 0.2) is 0 Å². The van der Waals surface area contributed by atoms with E-state index in [1.54, 1.807) is 35.9 Å². The standard InChI is InChI=1S/C28H24N3O5P/c1-17-12-18(2)29-22(17)14-24-27(35-3)15-23(30-24)26-13-19-8-5-7-11-25(19)31(26)28(32)21-10-6-4-9-20(21)16-36-37(33)34/h4-15H,16H2,1-3H3,(H-,29,30,33,34)/p+1. The van der Waals surface area contributed by atoms with Crippen molar-refractivity contribution in [1.29, 1.82) is 0 Å². The number of allylic oxidation sites excluding steroid dienone is 1. The zero-order valence-electron chi connectivity index (χ0n) is 20.6. The van der Waals surface area contributed by atoms with Crippen LogP contribution in [0.2, 0.25) is 0 Å². The van der Waals surface area contributed by atoms with E-state index in [2.05, 4.69) is 11.1 Å². The Morgan fingerprint density at radius 3 is 2.62 bits per heavy atom. The van der Waals surface area contributed by atoms with Gasteiger partial charge in [0.1, 0.15) is 18.1 Å². The summed E-state index contributed by atoms with van der Waals surface area (Å²) in [5, 5.41) is 0.876. The van der Waals surface area contributed by atoms with Crippen molar-refractivity contribution < 1.29 is 23.5 Å². The second kappa shape index (κ2) is 10.1. The number of nitrogens with zero attached hydrogens (tertiary/aromatic N) is 2. The Morgan fingerprint density at radius 1 is 1.14 bits per heavy atom. The first-order valence-corrected chi connectivity index (χ1v) is 12.7. The molecule has 8 nitrogen and oxygen atoms in total. The highest BCUT2D eigenvalue weighted by molar-refractivity contribution is 7.32. The number of hydrogen-bond donors (Lipinski definition) is 2. The molecule has 2 aromatic heterocycles. The number of aromatic amines is 1. The van der Waals surface area contributed by atoms with Crippen LogP contribution in [0.3, 0.4) is 0 Å². The number of para-hydroxylation sites is 1. The molecule has 9 heteroatoms. The minimum Gasteiger partial charge on any atom is -0.494 e. The third-order valence-corrected chi connectivity index (χ3v) is 6.56. The quantitative estimate of drug-likeness (QED) is 0.303. The minimum absolute atomic E-state index is 0.168. The Bertz CT molecular complexity index is 1640. The van der Waals surface area contributed by atoms with Crippen molar-refractivity contribution >= 4 is 36.9 Å². The summed E-state index contributed by atoms with van der Waals surface area (Å²) in [6, 6.07) is 18.5. The molecule has 37 heavy (non-hydrogen) atoms. The molecule has 186 valence electrons. The summed E-state index contributed by atoms with van der Waals surface area (Å²) in [7, 11) is -1.20. The highest BCUT2D eigenvalue weighted by Gasteiger charge is 2.26. The van der Waals surface area contributed by atoms with E-state index in [1.165, 1.54) is 0 Å². The number of ether oxygens (including phenoxy) is 1. The van der Waals surface area contributed by atoms with Crippen LogP contribution in [0.5, 0.6) is 0 Å². The van der Waals surface area contributed by atoms with Gasteiger partial charge in [0.2, 0.25) is 0 Å². The fraction of sp³-hybridized carbons (Fsp3) is 0.143. The van der Waals surface area contributed by atoms with Gasteiger partial charge < -0.3 is 9.72 Å². The number of aryl methyl sites for hydroxylation is 2. The van der Waals surface area contributed by atoms with Crippen molar-refractivity contribution in [2.45, 2.75) is 20.5 Å². The highest BCUT2D eigenvalue weighted by atomic mass is 31.1. The van der Waals surface area contributed by atoms with Crippen LogP contribution in [0, 0.1) is 13.8 Å². The fourth-order valence-corrected chi connectivity index (χ4v) is 4.76. The third-order valence-electron chi connectivity index (χ3n) is 6.21. The molecule has 0 spiro atoms. The van der Waals surface area contributed by atoms with E-state index in [0.29, 0.717) is 34.0 Å². The van der Waals surface area contributed by atoms with Crippen LogP contribution < -0.4 is 0 Å². The van der Waals surface area contributed by atoms with Gasteiger partial charge in [0, 0.05) is 33.0 Å². The van der Waals surface area contributed by atoms with E-state index in [4.69, 9.17) is 19.1 Å². The van der Waals surface area contributed by atoms with Gasteiger partial charge in [-0.1, -0.05) is 36.4 Å². The molecule has 3 heterocycles. The molecular formula is C28H25N3O5P+. The third kappa shape index (κ3) is 4.82. The van der Waals surface area contributed by atoms with Crippen molar-refractivity contribution in [2.75, 3.05) is 7.11 Å². The molecule has 1 aliphatic rings. The van der Waals surface area contributed by atoms with Crippen molar-refractivity contribution in [3.8, 4) is 0 Å². The maximum absolute atomic E-state index is 14.0.